The van der Waals surface area contributed by atoms with Crippen LogP contribution in [0, 0.1) is 0 Å². The van der Waals surface area contributed by atoms with Crippen LogP contribution in [0.15, 0.2) is 42.5 Å². The van der Waals surface area contributed by atoms with Gasteiger partial charge in [0.1, 0.15) is 0 Å². The first-order valence-electron chi connectivity index (χ1n) is 6.42. The van der Waals surface area contributed by atoms with Gasteiger partial charge in [-0.3, -0.25) is 0 Å². The Hall–Kier alpha value is -1.30. The second-order valence-corrected chi connectivity index (χ2v) is 4.94. The Morgan fingerprint density at radius 3 is 2.31 bits per heavy atom. The average molecular weight is 210 g/mol. The van der Waals surface area contributed by atoms with Crippen molar-refractivity contribution in [1.29, 1.82) is 0 Å². The first-order valence-corrected chi connectivity index (χ1v) is 6.42. The Bertz CT molecular complexity index is 478. The van der Waals surface area contributed by atoms with Crippen LogP contribution in [0.25, 0.3) is 10.8 Å². The van der Waals surface area contributed by atoms with Crippen LogP contribution in [0.5, 0.6) is 0 Å². The molecule has 0 N–H and O–H groups in total. The van der Waals surface area contributed by atoms with E-state index in [0.29, 0.717) is 0 Å². The van der Waals surface area contributed by atoms with Crippen molar-refractivity contribution < 1.29 is 0 Å². The van der Waals surface area contributed by atoms with Crippen molar-refractivity contribution in [2.24, 2.45) is 0 Å². The molecule has 0 radical (unpaired) electrons. The number of hydrogen-bond acceptors (Lipinski definition) is 0. The van der Waals surface area contributed by atoms with Gasteiger partial charge in [0.2, 0.25) is 0 Å². The van der Waals surface area contributed by atoms with Crippen LogP contribution < -0.4 is 0 Å². The van der Waals surface area contributed by atoms with Crippen LogP contribution in [0.1, 0.15) is 43.6 Å². The van der Waals surface area contributed by atoms with Crippen LogP contribution in [0.2, 0.25) is 0 Å². The van der Waals surface area contributed by atoms with Crippen molar-refractivity contribution in [3.05, 3.63) is 48.0 Å². The number of fused-ring (bicyclic) bond motifs is 1. The lowest BCUT2D eigenvalue weighted by Gasteiger charge is -2.22. The molecular formula is C16H18. The number of benzene rings is 2. The highest BCUT2D eigenvalue weighted by Gasteiger charge is 2.15. The minimum Gasteiger partial charge on any atom is -0.0616 e. The van der Waals surface area contributed by atoms with Gasteiger partial charge in [-0.2, -0.15) is 0 Å². The molecule has 0 aliphatic heterocycles. The van der Waals surface area contributed by atoms with Crippen LogP contribution in [-0.4, -0.2) is 0 Å². The Morgan fingerprint density at radius 2 is 1.50 bits per heavy atom. The predicted octanol–water partition coefficient (Wildman–Crippen LogP) is 4.89. The van der Waals surface area contributed by atoms with Gasteiger partial charge in [0.05, 0.1) is 0 Å². The first kappa shape index (κ1) is 9.89. The first-order chi connectivity index (χ1) is 7.93. The Labute approximate surface area is 97.3 Å². The van der Waals surface area contributed by atoms with Gasteiger partial charge in [-0.25, -0.2) is 0 Å². The second kappa shape index (κ2) is 4.29. The van der Waals surface area contributed by atoms with E-state index in [1.54, 1.807) is 5.56 Å². The average Bonchev–Trinajstić information content (AvgIpc) is 2.39. The summed E-state index contributed by atoms with van der Waals surface area (Å²) in [7, 11) is 0. The highest BCUT2D eigenvalue weighted by Crippen LogP contribution is 2.33. The molecule has 0 bridgehead atoms. The van der Waals surface area contributed by atoms with E-state index >= 15 is 0 Å². The minimum atomic E-state index is 0.818. The Balaban J connectivity index is 1.97. The largest absolute Gasteiger partial charge is 0.0616 e. The summed E-state index contributed by atoms with van der Waals surface area (Å²) in [4.78, 5) is 0. The zero-order chi connectivity index (χ0) is 10.8. The minimum absolute atomic E-state index is 0.818. The molecule has 0 nitrogen and oxygen atoms in total. The molecule has 2 aromatic carbocycles. The molecule has 0 spiro atoms. The summed E-state index contributed by atoms with van der Waals surface area (Å²) in [5, 5.41) is 2.76. The fourth-order valence-corrected chi connectivity index (χ4v) is 2.90. The molecule has 1 aliphatic carbocycles. The van der Waals surface area contributed by atoms with Gasteiger partial charge in [-0.15, -0.1) is 0 Å². The van der Waals surface area contributed by atoms with E-state index in [4.69, 9.17) is 0 Å². The van der Waals surface area contributed by atoms with Gasteiger partial charge >= 0.3 is 0 Å². The zero-order valence-corrected chi connectivity index (χ0v) is 9.65. The smallest absolute Gasteiger partial charge is 0.0162 e. The van der Waals surface area contributed by atoms with E-state index in [1.165, 1.54) is 42.9 Å². The molecule has 1 aliphatic rings. The molecule has 0 heterocycles. The van der Waals surface area contributed by atoms with E-state index in [0.717, 1.165) is 5.92 Å². The summed E-state index contributed by atoms with van der Waals surface area (Å²) in [6, 6.07) is 15.7. The fraction of sp³-hybridized carbons (Fsp3) is 0.375. The van der Waals surface area contributed by atoms with E-state index in [2.05, 4.69) is 42.5 Å². The van der Waals surface area contributed by atoms with Crippen molar-refractivity contribution in [2.45, 2.75) is 38.0 Å². The molecule has 1 fully saturated rings. The topological polar surface area (TPSA) is 0 Å². The lowest BCUT2D eigenvalue weighted by molar-refractivity contribution is 0.444. The van der Waals surface area contributed by atoms with E-state index < -0.39 is 0 Å². The molecule has 3 rings (SSSR count). The quantitative estimate of drug-likeness (QED) is 0.628. The maximum Gasteiger partial charge on any atom is -0.0162 e. The predicted molar refractivity (Wildman–Crippen MR) is 69.8 cm³/mol. The summed E-state index contributed by atoms with van der Waals surface area (Å²) in [5.74, 6) is 0.818. The maximum absolute atomic E-state index is 2.39. The van der Waals surface area contributed by atoms with Gasteiger partial charge in [0.25, 0.3) is 0 Å². The van der Waals surface area contributed by atoms with Crippen LogP contribution in [0.4, 0.5) is 0 Å². The summed E-state index contributed by atoms with van der Waals surface area (Å²) in [5.41, 5.74) is 1.55. The normalized spacial score (nSPS) is 17.8. The van der Waals surface area contributed by atoms with Crippen molar-refractivity contribution in [3.63, 3.8) is 0 Å². The zero-order valence-electron chi connectivity index (χ0n) is 9.65. The molecule has 0 aromatic heterocycles. The molecule has 0 atom stereocenters. The molecule has 82 valence electrons. The Kier molecular flexibility index (Phi) is 2.65. The second-order valence-electron chi connectivity index (χ2n) is 4.94. The molecule has 0 amide bonds. The molecule has 0 heteroatoms. The van der Waals surface area contributed by atoms with E-state index in [1.807, 2.05) is 0 Å². The van der Waals surface area contributed by atoms with Gasteiger partial charge in [0, 0.05) is 0 Å². The van der Waals surface area contributed by atoms with Crippen LogP contribution in [0.3, 0.4) is 0 Å². The van der Waals surface area contributed by atoms with E-state index in [9.17, 15) is 0 Å². The standard InChI is InChI=1S/C16H18/c1-2-6-13(7-3-1)16-11-10-14-8-4-5-9-15(14)12-16/h4-5,8-13H,1-3,6-7H2. The van der Waals surface area contributed by atoms with Crippen molar-refractivity contribution in [2.75, 3.05) is 0 Å². The Morgan fingerprint density at radius 1 is 0.750 bits per heavy atom. The molecule has 0 unspecified atom stereocenters. The van der Waals surface area contributed by atoms with Crippen LogP contribution in [-0.2, 0) is 0 Å². The fourth-order valence-electron chi connectivity index (χ4n) is 2.90. The summed E-state index contributed by atoms with van der Waals surface area (Å²) in [6.45, 7) is 0. The number of rotatable bonds is 1. The molecular weight excluding hydrogens is 192 g/mol. The molecule has 2 aromatic rings. The lowest BCUT2D eigenvalue weighted by Crippen LogP contribution is -2.04. The van der Waals surface area contributed by atoms with Crippen LogP contribution >= 0.6 is 0 Å². The SMILES string of the molecule is c1ccc2cc(C3CCCCC3)ccc2c1. The molecule has 0 saturated heterocycles. The van der Waals surface area contributed by atoms with Crippen molar-refractivity contribution >= 4 is 10.8 Å². The monoisotopic (exact) mass is 210 g/mol. The van der Waals surface area contributed by atoms with Crippen molar-refractivity contribution in [1.82, 2.24) is 0 Å². The maximum atomic E-state index is 2.39. The van der Waals surface area contributed by atoms with Gasteiger partial charge in [-0.1, -0.05) is 61.7 Å². The third-order valence-electron chi connectivity index (χ3n) is 3.85. The van der Waals surface area contributed by atoms with Gasteiger partial charge in [0.15, 0.2) is 0 Å². The molecule has 1 saturated carbocycles. The van der Waals surface area contributed by atoms with E-state index in [-0.39, 0.29) is 0 Å². The third kappa shape index (κ3) is 1.84. The highest BCUT2D eigenvalue weighted by molar-refractivity contribution is 5.83. The lowest BCUT2D eigenvalue weighted by atomic mass is 9.83. The van der Waals surface area contributed by atoms with Gasteiger partial charge < -0.3 is 0 Å². The van der Waals surface area contributed by atoms with Gasteiger partial charge in [-0.05, 0) is 35.1 Å². The van der Waals surface area contributed by atoms with Crippen molar-refractivity contribution in [3.8, 4) is 0 Å². The number of hydrogen-bond donors (Lipinski definition) is 0. The summed E-state index contributed by atoms with van der Waals surface area (Å²) >= 11 is 0. The highest BCUT2D eigenvalue weighted by atomic mass is 14.2. The summed E-state index contributed by atoms with van der Waals surface area (Å²) in [6.07, 6.45) is 7.04. The molecule has 16 heavy (non-hydrogen) atoms. The third-order valence-corrected chi connectivity index (χ3v) is 3.85. The summed E-state index contributed by atoms with van der Waals surface area (Å²) < 4.78 is 0.